The van der Waals surface area contributed by atoms with Crippen LogP contribution in [0.4, 0.5) is 4.79 Å². The van der Waals surface area contributed by atoms with Crippen LogP contribution in [-0.4, -0.2) is 32.6 Å². The average molecular weight is 396 g/mol. The van der Waals surface area contributed by atoms with Gasteiger partial charge >= 0.3 is 6.09 Å². The Hall–Kier alpha value is -2.89. The molecule has 3 rings (SSSR count). The maximum atomic E-state index is 12.4. The summed E-state index contributed by atoms with van der Waals surface area (Å²) >= 11 is 0. The molecule has 3 aromatic rings. The molecular formula is C23H29N3O3. The maximum Gasteiger partial charge on any atom is 0.436 e. The number of carbonyl (C=O) groups excluding carboxylic acids is 1. The van der Waals surface area contributed by atoms with Crippen molar-refractivity contribution in [3.63, 3.8) is 0 Å². The van der Waals surface area contributed by atoms with E-state index >= 15 is 0 Å². The van der Waals surface area contributed by atoms with Crippen LogP contribution in [0.2, 0.25) is 0 Å². The van der Waals surface area contributed by atoms with Gasteiger partial charge in [-0.05, 0) is 42.0 Å². The minimum Gasteiger partial charge on any atom is -0.507 e. The fraction of sp³-hybridized carbons (Fsp3) is 0.435. The average Bonchev–Trinajstić information content (AvgIpc) is 3.00. The first kappa shape index (κ1) is 20.8. The molecular weight excluding hydrogens is 366 g/mol. The van der Waals surface area contributed by atoms with E-state index in [0.717, 1.165) is 22.1 Å². The second-order valence-electron chi connectivity index (χ2n) is 9.25. The van der Waals surface area contributed by atoms with Crippen molar-refractivity contribution < 1.29 is 14.6 Å². The molecule has 2 aromatic heterocycles. The highest BCUT2D eigenvalue weighted by molar-refractivity contribution is 5.95. The van der Waals surface area contributed by atoms with Crippen molar-refractivity contribution in [3.8, 4) is 17.0 Å². The normalized spacial score (nSPS) is 12.4. The number of benzene rings is 1. The van der Waals surface area contributed by atoms with Gasteiger partial charge in [-0.15, -0.1) is 4.68 Å². The number of rotatable bonds is 2. The number of phenols is 1. The number of aromatic nitrogens is 3. The number of fused-ring (bicyclic) bond motifs is 1. The Balaban J connectivity index is 2.34. The predicted octanol–water partition coefficient (Wildman–Crippen LogP) is 5.40. The molecule has 0 saturated heterocycles. The Morgan fingerprint density at radius 1 is 1.10 bits per heavy atom. The van der Waals surface area contributed by atoms with Crippen LogP contribution in [0.15, 0.2) is 30.5 Å². The quantitative estimate of drug-likeness (QED) is 0.628. The zero-order chi connectivity index (χ0) is 21.6. The van der Waals surface area contributed by atoms with Crippen molar-refractivity contribution in [1.29, 1.82) is 0 Å². The van der Waals surface area contributed by atoms with Gasteiger partial charge in [-0.3, -0.25) is 0 Å². The van der Waals surface area contributed by atoms with E-state index in [1.54, 1.807) is 13.1 Å². The molecule has 2 heterocycles. The Labute approximate surface area is 171 Å². The van der Waals surface area contributed by atoms with Gasteiger partial charge in [0.25, 0.3) is 0 Å². The zero-order valence-corrected chi connectivity index (χ0v) is 18.2. The van der Waals surface area contributed by atoms with Crippen molar-refractivity contribution in [2.75, 3.05) is 6.61 Å². The number of phenolic OH excluding ortho intramolecular Hbond substituents is 1. The van der Waals surface area contributed by atoms with Crippen LogP contribution in [0.1, 0.15) is 59.6 Å². The summed E-state index contributed by atoms with van der Waals surface area (Å²) in [6.45, 7) is 14.4. The minimum atomic E-state index is -0.562. The lowest BCUT2D eigenvalue weighted by Gasteiger charge is -2.28. The molecule has 29 heavy (non-hydrogen) atoms. The van der Waals surface area contributed by atoms with Gasteiger partial charge in [0.05, 0.1) is 6.61 Å². The second-order valence-corrected chi connectivity index (χ2v) is 9.25. The monoisotopic (exact) mass is 395 g/mol. The predicted molar refractivity (Wildman–Crippen MR) is 114 cm³/mol. The lowest BCUT2D eigenvalue weighted by Crippen LogP contribution is -2.17. The zero-order valence-electron chi connectivity index (χ0n) is 18.2. The smallest absolute Gasteiger partial charge is 0.436 e. The van der Waals surface area contributed by atoms with E-state index in [0.29, 0.717) is 17.1 Å². The Kier molecular flexibility index (Phi) is 5.15. The molecule has 0 saturated carbocycles. The molecule has 0 aliphatic carbocycles. The molecule has 0 unspecified atom stereocenters. The lowest BCUT2D eigenvalue weighted by atomic mass is 9.78. The van der Waals surface area contributed by atoms with E-state index in [1.165, 1.54) is 4.68 Å². The summed E-state index contributed by atoms with van der Waals surface area (Å²) in [5.74, 6) is 0.306. The Morgan fingerprint density at radius 3 is 2.21 bits per heavy atom. The molecule has 0 fully saturated rings. The maximum absolute atomic E-state index is 12.4. The first-order chi connectivity index (χ1) is 13.4. The van der Waals surface area contributed by atoms with Crippen LogP contribution >= 0.6 is 0 Å². The molecule has 1 N–H and O–H groups in total. The van der Waals surface area contributed by atoms with Crippen molar-refractivity contribution >= 4 is 17.1 Å². The van der Waals surface area contributed by atoms with Crippen LogP contribution in [0.3, 0.4) is 0 Å². The Bertz CT molecular complexity index is 1030. The van der Waals surface area contributed by atoms with Gasteiger partial charge in [-0.2, -0.15) is 5.10 Å². The number of ether oxygens (including phenoxy) is 1. The first-order valence-electron chi connectivity index (χ1n) is 9.84. The second kappa shape index (κ2) is 7.17. The molecule has 1 aromatic carbocycles. The van der Waals surface area contributed by atoms with E-state index in [2.05, 4.69) is 51.6 Å². The highest BCUT2D eigenvalue weighted by Crippen LogP contribution is 2.42. The third-order valence-corrected chi connectivity index (χ3v) is 4.88. The summed E-state index contributed by atoms with van der Waals surface area (Å²) in [7, 11) is 0. The van der Waals surface area contributed by atoms with Crippen molar-refractivity contribution in [2.24, 2.45) is 0 Å². The number of nitrogens with zero attached hydrogens (tertiary/aromatic N) is 3. The lowest BCUT2D eigenvalue weighted by molar-refractivity contribution is 0.151. The Morgan fingerprint density at radius 2 is 1.69 bits per heavy atom. The van der Waals surface area contributed by atoms with E-state index in [1.807, 2.05) is 24.3 Å². The fourth-order valence-electron chi connectivity index (χ4n) is 3.39. The van der Waals surface area contributed by atoms with Gasteiger partial charge in [-0.25, -0.2) is 9.78 Å². The topological polar surface area (TPSA) is 77.2 Å². The third kappa shape index (κ3) is 3.84. The highest BCUT2D eigenvalue weighted by Gasteiger charge is 2.28. The van der Waals surface area contributed by atoms with Crippen molar-refractivity contribution in [3.05, 3.63) is 41.6 Å². The van der Waals surface area contributed by atoms with Gasteiger partial charge in [0.2, 0.25) is 0 Å². The van der Waals surface area contributed by atoms with E-state index in [9.17, 15) is 9.90 Å². The summed E-state index contributed by atoms with van der Waals surface area (Å²) in [6.07, 6.45) is 1.06. The highest BCUT2D eigenvalue weighted by atomic mass is 16.5. The van der Waals surface area contributed by atoms with Crippen LogP contribution in [0.5, 0.6) is 5.75 Å². The van der Waals surface area contributed by atoms with E-state index in [4.69, 9.17) is 4.74 Å². The van der Waals surface area contributed by atoms with Crippen LogP contribution in [-0.2, 0) is 15.6 Å². The van der Waals surface area contributed by atoms with Gasteiger partial charge in [0, 0.05) is 28.3 Å². The van der Waals surface area contributed by atoms with Crippen LogP contribution in [0, 0.1) is 0 Å². The molecule has 0 aliphatic heterocycles. The fourth-order valence-corrected chi connectivity index (χ4v) is 3.39. The summed E-state index contributed by atoms with van der Waals surface area (Å²) in [5, 5.41) is 16.3. The molecule has 0 aliphatic rings. The number of carbonyl (C=O) groups is 1. The first-order valence-corrected chi connectivity index (χ1v) is 9.84. The van der Waals surface area contributed by atoms with Gasteiger partial charge in [0.1, 0.15) is 11.4 Å². The molecule has 0 radical (unpaired) electrons. The number of hydrogen-bond donors (Lipinski definition) is 1. The molecule has 6 nitrogen and oxygen atoms in total. The largest absolute Gasteiger partial charge is 0.507 e. The third-order valence-electron chi connectivity index (χ3n) is 4.88. The SMILES string of the molecule is CCOC(=O)n1nc(-c2cc(C(C)(C)C)c(O)c(C(C)(C)C)c2)c2cccnc21. The van der Waals surface area contributed by atoms with Crippen LogP contribution in [0.25, 0.3) is 22.3 Å². The minimum absolute atomic E-state index is 0.254. The van der Waals surface area contributed by atoms with Crippen molar-refractivity contribution in [2.45, 2.75) is 59.3 Å². The summed E-state index contributed by atoms with van der Waals surface area (Å²) in [4.78, 5) is 16.7. The summed E-state index contributed by atoms with van der Waals surface area (Å²) < 4.78 is 6.34. The number of pyridine rings is 1. The number of aromatic hydroxyl groups is 1. The molecule has 0 spiro atoms. The van der Waals surface area contributed by atoms with Gasteiger partial charge in [0.15, 0.2) is 5.65 Å². The van der Waals surface area contributed by atoms with Gasteiger partial charge in [-0.1, -0.05) is 41.5 Å². The molecule has 0 amide bonds. The van der Waals surface area contributed by atoms with Crippen LogP contribution < -0.4 is 0 Å². The molecule has 154 valence electrons. The standard InChI is InChI=1S/C23H29N3O3/c1-8-29-21(28)26-20-15(10-9-11-24-20)18(25-26)14-12-16(22(2,3)4)19(27)17(13-14)23(5,6)7/h9-13,27H,8H2,1-7H3. The van der Waals surface area contributed by atoms with Crippen molar-refractivity contribution in [1.82, 2.24) is 14.8 Å². The summed E-state index contributed by atoms with van der Waals surface area (Å²) in [5.41, 5.74) is 3.06. The van der Waals surface area contributed by atoms with E-state index < -0.39 is 6.09 Å². The van der Waals surface area contributed by atoms with E-state index in [-0.39, 0.29) is 17.4 Å². The summed E-state index contributed by atoms with van der Waals surface area (Å²) in [6, 6.07) is 7.61. The van der Waals surface area contributed by atoms with Gasteiger partial charge < -0.3 is 9.84 Å². The molecule has 6 heteroatoms. The molecule has 0 atom stereocenters. The number of hydrogen-bond acceptors (Lipinski definition) is 5. The molecule has 0 bridgehead atoms.